The van der Waals surface area contributed by atoms with Crippen molar-refractivity contribution in [2.45, 2.75) is 23.3 Å². The molecule has 0 aliphatic rings. The van der Waals surface area contributed by atoms with Crippen LogP contribution in [0.3, 0.4) is 0 Å². The minimum Gasteiger partial charge on any atom is -0.426 e. The highest BCUT2D eigenvalue weighted by Gasteiger charge is 2.29. The summed E-state index contributed by atoms with van der Waals surface area (Å²) in [5, 5.41) is 6.27. The molecule has 2 N–H and O–H groups in total. The van der Waals surface area contributed by atoms with Crippen LogP contribution in [-0.2, 0) is 9.59 Å². The lowest BCUT2D eigenvalue weighted by Crippen LogP contribution is -2.16. The maximum Gasteiger partial charge on any atom is 0.312 e. The summed E-state index contributed by atoms with van der Waals surface area (Å²) in [6.07, 6.45) is 0.122. The number of anilines is 4. The summed E-state index contributed by atoms with van der Waals surface area (Å²) in [5.74, 6) is 0.207. The van der Waals surface area contributed by atoms with Gasteiger partial charge in [-0.1, -0.05) is 109 Å². The molecule has 0 aromatic heterocycles. The summed E-state index contributed by atoms with van der Waals surface area (Å²) in [6, 6.07) is 53.8. The Kier molecular flexibility index (Phi) is 11.4. The van der Waals surface area contributed by atoms with Gasteiger partial charge >= 0.3 is 11.9 Å². The summed E-state index contributed by atoms with van der Waals surface area (Å²) in [4.78, 5) is 27.2. The lowest BCUT2D eigenvalue weighted by atomic mass is 10.1. The average molecular weight is 665 g/mol. The molecule has 0 aliphatic heterocycles. The molecule has 0 bridgehead atoms. The first-order valence-electron chi connectivity index (χ1n) is 16.1. The van der Waals surface area contributed by atoms with E-state index in [4.69, 9.17) is 9.47 Å². The van der Waals surface area contributed by atoms with Crippen LogP contribution in [0.4, 0.5) is 22.7 Å². The van der Waals surface area contributed by atoms with Gasteiger partial charge in [0.05, 0.1) is 12.8 Å². The van der Waals surface area contributed by atoms with E-state index in [9.17, 15) is 9.59 Å². The van der Waals surface area contributed by atoms with Crippen LogP contribution >= 0.6 is 11.8 Å². The van der Waals surface area contributed by atoms with E-state index < -0.39 is 10.5 Å². The number of carbonyl (C=O) groups is 2. The van der Waals surface area contributed by atoms with Crippen molar-refractivity contribution in [2.24, 2.45) is 0 Å². The second-order valence-electron chi connectivity index (χ2n) is 11.3. The maximum absolute atomic E-state index is 13.6. The van der Waals surface area contributed by atoms with Gasteiger partial charge in [-0.05, 0) is 71.8 Å². The van der Waals surface area contributed by atoms with Crippen molar-refractivity contribution in [3.05, 3.63) is 181 Å². The molecule has 0 aliphatic carbocycles. The molecule has 6 aromatic rings. The molecule has 2 atom stereocenters. The number of para-hydroxylation sites is 6. The molecule has 0 heterocycles. The second-order valence-corrected chi connectivity index (χ2v) is 12.7. The van der Waals surface area contributed by atoms with Crippen molar-refractivity contribution in [3.8, 4) is 11.5 Å². The minimum absolute atomic E-state index is 0.0611. The van der Waals surface area contributed by atoms with Gasteiger partial charge < -0.3 is 20.1 Å². The number of esters is 2. The molecule has 244 valence electrons. The second kappa shape index (κ2) is 16.9. The van der Waals surface area contributed by atoms with E-state index in [1.165, 1.54) is 0 Å². The van der Waals surface area contributed by atoms with Crippen LogP contribution in [0.15, 0.2) is 170 Å². The Morgan fingerprint density at radius 2 is 0.776 bits per heavy atom. The molecule has 6 nitrogen and oxygen atoms in total. The molecule has 0 spiro atoms. The fraction of sp³-hybridized carbons (Fsp3) is 0.0952. The number of ether oxygens (including phenoxy) is 2. The topological polar surface area (TPSA) is 76.7 Å². The highest BCUT2D eigenvalue weighted by molar-refractivity contribution is 7.99. The molecule has 6 rings (SSSR count). The summed E-state index contributed by atoms with van der Waals surface area (Å²) in [6.45, 7) is 0. The smallest absolute Gasteiger partial charge is 0.312 e. The number of thioether (sulfide) groups is 1. The molecule has 49 heavy (non-hydrogen) atoms. The van der Waals surface area contributed by atoms with Crippen molar-refractivity contribution in [1.82, 2.24) is 0 Å². The predicted octanol–water partition coefficient (Wildman–Crippen LogP) is 10.7. The molecule has 0 amide bonds. The minimum atomic E-state index is -0.400. The van der Waals surface area contributed by atoms with Gasteiger partial charge in [0.15, 0.2) is 0 Å². The van der Waals surface area contributed by atoms with Gasteiger partial charge in [0.1, 0.15) is 11.5 Å². The third-order valence-electron chi connectivity index (χ3n) is 7.70. The zero-order chi connectivity index (χ0) is 33.7. The van der Waals surface area contributed by atoms with Crippen LogP contribution in [0.25, 0.3) is 0 Å². The molecule has 7 heteroatoms. The van der Waals surface area contributed by atoms with Crippen LogP contribution in [-0.4, -0.2) is 11.9 Å². The van der Waals surface area contributed by atoms with E-state index in [0.29, 0.717) is 11.5 Å². The van der Waals surface area contributed by atoms with Gasteiger partial charge in [0.25, 0.3) is 0 Å². The molecule has 0 fully saturated rings. The van der Waals surface area contributed by atoms with Crippen LogP contribution < -0.4 is 20.1 Å². The van der Waals surface area contributed by atoms with Crippen molar-refractivity contribution in [3.63, 3.8) is 0 Å². The number of hydrogen-bond donors (Lipinski definition) is 2. The Hall–Kier alpha value is -5.79. The first kappa shape index (κ1) is 33.1. The molecule has 6 aromatic carbocycles. The largest absolute Gasteiger partial charge is 0.426 e. The monoisotopic (exact) mass is 664 g/mol. The Labute approximate surface area is 291 Å². The Morgan fingerprint density at radius 3 is 1.16 bits per heavy atom. The van der Waals surface area contributed by atoms with Gasteiger partial charge in [-0.2, -0.15) is 0 Å². The maximum atomic E-state index is 13.6. The van der Waals surface area contributed by atoms with Crippen LogP contribution in [0, 0.1) is 0 Å². The number of benzene rings is 6. The molecule has 2 unspecified atom stereocenters. The van der Waals surface area contributed by atoms with Gasteiger partial charge in [0, 0.05) is 33.2 Å². The van der Waals surface area contributed by atoms with Gasteiger partial charge in [0.2, 0.25) is 0 Å². The summed E-state index contributed by atoms with van der Waals surface area (Å²) in [7, 11) is 0. The SMILES string of the molecule is O=C(CC(SC(CC(=O)Oc1ccccc1)c1ccccc1Nc1ccccc1)c1ccccc1Nc1ccccc1)Oc1ccccc1. The number of hydrogen-bond acceptors (Lipinski definition) is 7. The summed E-state index contributed by atoms with van der Waals surface area (Å²) < 4.78 is 11.6. The molecule has 0 saturated heterocycles. The van der Waals surface area contributed by atoms with E-state index in [0.717, 1.165) is 33.9 Å². The fourth-order valence-electron chi connectivity index (χ4n) is 5.42. The zero-order valence-corrected chi connectivity index (χ0v) is 27.6. The highest BCUT2D eigenvalue weighted by atomic mass is 32.2. The average Bonchev–Trinajstić information content (AvgIpc) is 3.13. The third-order valence-corrected chi connectivity index (χ3v) is 9.20. The van der Waals surface area contributed by atoms with E-state index in [-0.39, 0.29) is 24.8 Å². The molecule has 0 saturated carbocycles. The van der Waals surface area contributed by atoms with Crippen molar-refractivity contribution in [2.75, 3.05) is 10.6 Å². The lowest BCUT2D eigenvalue weighted by molar-refractivity contribution is -0.135. The number of carbonyl (C=O) groups excluding carboxylic acids is 2. The summed E-state index contributed by atoms with van der Waals surface area (Å²) in [5.41, 5.74) is 5.39. The normalized spacial score (nSPS) is 11.9. The van der Waals surface area contributed by atoms with Crippen LogP contribution in [0.2, 0.25) is 0 Å². The van der Waals surface area contributed by atoms with Gasteiger partial charge in [-0.15, -0.1) is 11.8 Å². The van der Waals surface area contributed by atoms with Gasteiger partial charge in [-0.3, -0.25) is 9.59 Å². The van der Waals surface area contributed by atoms with E-state index in [1.54, 1.807) is 36.0 Å². The molecule has 0 radical (unpaired) electrons. The van der Waals surface area contributed by atoms with Crippen LogP contribution in [0.5, 0.6) is 11.5 Å². The molecular weight excluding hydrogens is 629 g/mol. The zero-order valence-electron chi connectivity index (χ0n) is 26.8. The first-order chi connectivity index (χ1) is 24.1. The van der Waals surface area contributed by atoms with Crippen LogP contribution in [0.1, 0.15) is 34.5 Å². The molecular formula is C42H36N2O4S. The van der Waals surface area contributed by atoms with Crippen molar-refractivity contribution in [1.29, 1.82) is 0 Å². The van der Waals surface area contributed by atoms with Crippen molar-refractivity contribution < 1.29 is 19.1 Å². The highest BCUT2D eigenvalue weighted by Crippen LogP contribution is 2.48. The third kappa shape index (κ3) is 9.62. The fourth-order valence-corrected chi connectivity index (χ4v) is 6.99. The lowest BCUT2D eigenvalue weighted by Gasteiger charge is -2.27. The van der Waals surface area contributed by atoms with E-state index in [2.05, 4.69) is 10.6 Å². The predicted molar refractivity (Wildman–Crippen MR) is 199 cm³/mol. The first-order valence-corrected chi connectivity index (χ1v) is 17.0. The Balaban J connectivity index is 1.37. The van der Waals surface area contributed by atoms with E-state index in [1.807, 2.05) is 146 Å². The Bertz CT molecular complexity index is 1800. The summed E-state index contributed by atoms with van der Waals surface area (Å²) >= 11 is 1.54. The number of rotatable bonds is 14. The Morgan fingerprint density at radius 1 is 0.449 bits per heavy atom. The quantitative estimate of drug-likeness (QED) is 0.0886. The number of nitrogens with one attached hydrogen (secondary N) is 2. The van der Waals surface area contributed by atoms with E-state index >= 15 is 0 Å². The standard InChI is InChI=1S/C42H36N2O4S/c45-41(47-33-21-9-3-10-22-33)29-39(35-25-13-15-27-37(35)43-31-17-5-1-6-18-31)49-40(30-42(46)48-34-23-11-4-12-24-34)36-26-14-16-28-38(36)44-32-19-7-2-8-20-32/h1-28,39-40,43-44H,29-30H2. The van der Waals surface area contributed by atoms with Crippen molar-refractivity contribution >= 4 is 46.5 Å². The van der Waals surface area contributed by atoms with Gasteiger partial charge in [-0.25, -0.2) is 0 Å².